The number of benzene rings is 4. The topological polar surface area (TPSA) is 83.8 Å². The highest BCUT2D eigenvalue weighted by Crippen LogP contribution is 2.33. The maximum Gasteiger partial charge on any atom is 0.282 e. The Bertz CT molecular complexity index is 2240. The molecule has 0 saturated heterocycles. The van der Waals surface area contributed by atoms with Crippen molar-refractivity contribution in [1.29, 1.82) is 0 Å². The second-order valence-corrected chi connectivity index (χ2v) is 10.7. The molecule has 3 aromatic heterocycles. The predicted molar refractivity (Wildman–Crippen MR) is 177 cm³/mol. The van der Waals surface area contributed by atoms with Crippen LogP contribution < -0.4 is 15.0 Å². The molecule has 3 heterocycles. The molecule has 4 aromatic carbocycles. The van der Waals surface area contributed by atoms with Gasteiger partial charge >= 0.3 is 0 Å². The molecule has 0 spiro atoms. The average molecular weight is 595 g/mol. The second-order valence-electron chi connectivity index (χ2n) is 10.7. The first-order valence-corrected chi connectivity index (χ1v) is 14.6. The van der Waals surface area contributed by atoms with E-state index in [2.05, 4.69) is 9.67 Å². The predicted octanol–water partition coefficient (Wildman–Crippen LogP) is 7.69. The van der Waals surface area contributed by atoms with Gasteiger partial charge < -0.3 is 18.5 Å². The number of hydrogen-bond donors (Lipinski definition) is 0. The minimum atomic E-state index is -0.292. The van der Waals surface area contributed by atoms with E-state index in [9.17, 15) is 4.79 Å². The van der Waals surface area contributed by atoms with Crippen molar-refractivity contribution >= 4 is 28.1 Å². The zero-order valence-electron chi connectivity index (χ0n) is 25.1. The van der Waals surface area contributed by atoms with Gasteiger partial charge in [0.25, 0.3) is 5.56 Å². The highest BCUT2D eigenvalue weighted by Gasteiger charge is 2.18. The van der Waals surface area contributed by atoms with Crippen LogP contribution in [-0.2, 0) is 6.61 Å². The molecule has 0 radical (unpaired) electrons. The number of furan rings is 1. The molecule has 222 valence electrons. The SMILES string of the molecule is COc1cccc2oc(-c3nc4ccccc4c(=O)n3N=Cc3cc(C)n(-c4ccc(OCc5ccccc5)cc4)c3C)cc12. The van der Waals surface area contributed by atoms with Gasteiger partial charge in [0.2, 0.25) is 5.82 Å². The summed E-state index contributed by atoms with van der Waals surface area (Å²) in [6.07, 6.45) is 1.70. The fraction of sp³-hybridized carbons (Fsp3) is 0.108. The molecule has 0 aliphatic rings. The van der Waals surface area contributed by atoms with Crippen molar-refractivity contribution in [3.63, 3.8) is 0 Å². The lowest BCUT2D eigenvalue weighted by molar-refractivity contribution is 0.306. The zero-order valence-corrected chi connectivity index (χ0v) is 25.1. The molecule has 8 nitrogen and oxygen atoms in total. The Hall–Kier alpha value is -5.89. The van der Waals surface area contributed by atoms with Crippen molar-refractivity contribution < 1.29 is 13.9 Å². The number of ether oxygens (including phenoxy) is 2. The lowest BCUT2D eigenvalue weighted by Crippen LogP contribution is -2.20. The van der Waals surface area contributed by atoms with Crippen molar-refractivity contribution in [1.82, 2.24) is 14.2 Å². The van der Waals surface area contributed by atoms with Gasteiger partial charge in [0.1, 0.15) is 23.7 Å². The molecule has 8 heteroatoms. The third kappa shape index (κ3) is 5.27. The number of rotatable bonds is 8. The average Bonchev–Trinajstić information content (AvgIpc) is 3.64. The van der Waals surface area contributed by atoms with Gasteiger partial charge in [-0.3, -0.25) is 4.79 Å². The molecule has 45 heavy (non-hydrogen) atoms. The number of nitrogens with zero attached hydrogens (tertiary/aromatic N) is 4. The molecular weight excluding hydrogens is 564 g/mol. The third-order valence-electron chi connectivity index (χ3n) is 7.84. The second kappa shape index (κ2) is 11.7. The van der Waals surface area contributed by atoms with Crippen LogP contribution in [0.5, 0.6) is 11.5 Å². The van der Waals surface area contributed by atoms with Gasteiger partial charge in [-0.25, -0.2) is 4.98 Å². The summed E-state index contributed by atoms with van der Waals surface area (Å²) in [5.74, 6) is 2.18. The highest BCUT2D eigenvalue weighted by atomic mass is 16.5. The van der Waals surface area contributed by atoms with Gasteiger partial charge in [-0.15, -0.1) is 0 Å². The summed E-state index contributed by atoms with van der Waals surface area (Å²) >= 11 is 0. The molecule has 0 saturated carbocycles. The summed E-state index contributed by atoms with van der Waals surface area (Å²) in [7, 11) is 1.61. The quantitative estimate of drug-likeness (QED) is 0.169. The van der Waals surface area contributed by atoms with E-state index in [0.717, 1.165) is 39.3 Å². The highest BCUT2D eigenvalue weighted by molar-refractivity contribution is 5.89. The normalized spacial score (nSPS) is 11.5. The Morgan fingerprint density at radius 1 is 0.867 bits per heavy atom. The van der Waals surface area contributed by atoms with Crippen LogP contribution in [0.4, 0.5) is 0 Å². The van der Waals surface area contributed by atoms with Gasteiger partial charge in [0, 0.05) is 22.6 Å². The van der Waals surface area contributed by atoms with Gasteiger partial charge in [0.15, 0.2) is 5.76 Å². The van der Waals surface area contributed by atoms with Crippen molar-refractivity contribution in [3.05, 3.63) is 142 Å². The molecule has 0 fully saturated rings. The van der Waals surface area contributed by atoms with E-state index in [1.165, 1.54) is 4.68 Å². The fourth-order valence-electron chi connectivity index (χ4n) is 5.58. The summed E-state index contributed by atoms with van der Waals surface area (Å²) in [4.78, 5) is 18.6. The first-order valence-electron chi connectivity index (χ1n) is 14.6. The molecule has 0 atom stereocenters. The summed E-state index contributed by atoms with van der Waals surface area (Å²) in [5, 5.41) is 5.93. The number of methoxy groups -OCH3 is 1. The van der Waals surface area contributed by atoms with Crippen LogP contribution in [0, 0.1) is 13.8 Å². The van der Waals surface area contributed by atoms with E-state index in [4.69, 9.17) is 18.9 Å². The zero-order chi connectivity index (χ0) is 30.9. The minimum Gasteiger partial charge on any atom is -0.496 e. The van der Waals surface area contributed by atoms with Crippen LogP contribution >= 0.6 is 0 Å². The van der Waals surface area contributed by atoms with E-state index >= 15 is 0 Å². The summed E-state index contributed by atoms with van der Waals surface area (Å²) in [6.45, 7) is 4.58. The molecule has 0 aliphatic heterocycles. The standard InChI is InChI=1S/C37H30N4O4/c1-24-20-27(25(2)40(24)28-16-18-29(19-17-28)44-23-26-10-5-4-6-11-26)22-38-41-36(39-32-13-8-7-12-30(32)37(41)42)35-21-31-33(43-3)14-9-15-34(31)45-35/h4-22H,23H2,1-3H3. The first kappa shape index (κ1) is 27.9. The Labute approximate surface area is 259 Å². The number of aromatic nitrogens is 3. The molecule has 0 amide bonds. The van der Waals surface area contributed by atoms with Crippen LogP contribution in [-0.4, -0.2) is 27.6 Å². The molecular formula is C37H30N4O4. The van der Waals surface area contributed by atoms with Crippen molar-refractivity contribution in [2.75, 3.05) is 7.11 Å². The maximum atomic E-state index is 13.8. The van der Waals surface area contributed by atoms with Gasteiger partial charge in [-0.1, -0.05) is 48.5 Å². The van der Waals surface area contributed by atoms with Gasteiger partial charge in [-0.05, 0) is 80.1 Å². The Balaban J connectivity index is 1.24. The lowest BCUT2D eigenvalue weighted by Gasteiger charge is -2.11. The van der Waals surface area contributed by atoms with Crippen LogP contribution in [0.2, 0.25) is 0 Å². The van der Waals surface area contributed by atoms with E-state index in [-0.39, 0.29) is 5.56 Å². The Morgan fingerprint density at radius 3 is 2.44 bits per heavy atom. The van der Waals surface area contributed by atoms with Crippen LogP contribution in [0.25, 0.3) is 39.1 Å². The molecule has 0 aliphatic carbocycles. The number of hydrogen-bond acceptors (Lipinski definition) is 6. The summed E-state index contributed by atoms with van der Waals surface area (Å²) in [5.41, 5.74) is 5.89. The fourth-order valence-corrected chi connectivity index (χ4v) is 5.58. The summed E-state index contributed by atoms with van der Waals surface area (Å²) in [6, 6.07) is 34.8. The van der Waals surface area contributed by atoms with Crippen LogP contribution in [0.3, 0.4) is 0 Å². The van der Waals surface area contributed by atoms with Crippen molar-refractivity contribution in [3.8, 4) is 28.8 Å². The van der Waals surface area contributed by atoms with Gasteiger partial charge in [0.05, 0.1) is 29.6 Å². The monoisotopic (exact) mass is 594 g/mol. The molecule has 0 N–H and O–H groups in total. The number of fused-ring (bicyclic) bond motifs is 2. The lowest BCUT2D eigenvalue weighted by atomic mass is 10.2. The van der Waals surface area contributed by atoms with E-state index < -0.39 is 0 Å². The molecule has 7 rings (SSSR count). The van der Waals surface area contributed by atoms with Gasteiger partial charge in [-0.2, -0.15) is 9.78 Å². The third-order valence-corrected chi connectivity index (χ3v) is 7.84. The van der Waals surface area contributed by atoms with E-state index in [1.807, 2.05) is 117 Å². The Kier molecular flexibility index (Phi) is 7.23. The van der Waals surface area contributed by atoms with Crippen molar-refractivity contribution in [2.45, 2.75) is 20.5 Å². The summed E-state index contributed by atoms with van der Waals surface area (Å²) < 4.78 is 21.1. The largest absolute Gasteiger partial charge is 0.496 e. The first-order chi connectivity index (χ1) is 22.0. The molecule has 0 bridgehead atoms. The molecule has 0 unspecified atom stereocenters. The van der Waals surface area contributed by atoms with Crippen molar-refractivity contribution in [2.24, 2.45) is 5.10 Å². The molecule has 7 aromatic rings. The number of para-hydroxylation sites is 1. The maximum absolute atomic E-state index is 13.8. The van der Waals surface area contributed by atoms with Crippen LogP contribution in [0.1, 0.15) is 22.5 Å². The van der Waals surface area contributed by atoms with E-state index in [0.29, 0.717) is 40.4 Å². The van der Waals surface area contributed by atoms with E-state index in [1.54, 1.807) is 19.4 Å². The number of aryl methyl sites for hydroxylation is 1. The smallest absolute Gasteiger partial charge is 0.282 e. The van der Waals surface area contributed by atoms with Crippen LogP contribution in [0.15, 0.2) is 124 Å². The Morgan fingerprint density at radius 2 is 1.64 bits per heavy atom. The minimum absolute atomic E-state index is 0.292.